The van der Waals surface area contributed by atoms with Crippen molar-refractivity contribution in [3.8, 4) is 22.6 Å². The van der Waals surface area contributed by atoms with Crippen LogP contribution in [0.4, 0.5) is 5.82 Å². The molecule has 0 spiro atoms. The molecular formula is C29H23N5O2S. The highest BCUT2D eigenvalue weighted by Gasteiger charge is 2.20. The minimum atomic E-state index is -0.252. The number of benzene rings is 3. The second-order valence-corrected chi connectivity index (χ2v) is 9.47. The molecule has 1 atom stereocenters. The molecule has 0 amide bonds. The van der Waals surface area contributed by atoms with Gasteiger partial charge in [-0.3, -0.25) is 9.36 Å². The Morgan fingerprint density at radius 2 is 1.78 bits per heavy atom. The molecule has 0 aliphatic rings. The van der Waals surface area contributed by atoms with Gasteiger partial charge in [-0.2, -0.15) is 0 Å². The molecule has 6 aromatic rings. The van der Waals surface area contributed by atoms with Gasteiger partial charge < -0.3 is 10.1 Å². The van der Waals surface area contributed by atoms with E-state index in [1.807, 2.05) is 79.7 Å². The molecule has 1 N–H and O–H groups in total. The Morgan fingerprint density at radius 1 is 0.946 bits per heavy atom. The fourth-order valence-corrected chi connectivity index (χ4v) is 5.28. The Labute approximate surface area is 217 Å². The molecule has 3 aromatic carbocycles. The van der Waals surface area contributed by atoms with Crippen LogP contribution in [0.25, 0.3) is 37.9 Å². The first-order valence-electron chi connectivity index (χ1n) is 11.8. The van der Waals surface area contributed by atoms with Crippen molar-refractivity contribution >= 4 is 38.3 Å². The molecule has 6 rings (SSSR count). The summed E-state index contributed by atoms with van der Waals surface area (Å²) >= 11 is 1.46. The van der Waals surface area contributed by atoms with Gasteiger partial charge in [0, 0.05) is 11.4 Å². The van der Waals surface area contributed by atoms with Crippen LogP contribution in [-0.2, 0) is 0 Å². The molecule has 0 fully saturated rings. The Morgan fingerprint density at radius 3 is 2.62 bits per heavy atom. The van der Waals surface area contributed by atoms with Crippen LogP contribution >= 0.6 is 11.3 Å². The lowest BCUT2D eigenvalue weighted by molar-refractivity contribution is 0.415. The minimum Gasteiger partial charge on any atom is -0.497 e. The maximum absolute atomic E-state index is 14.3. The van der Waals surface area contributed by atoms with E-state index in [2.05, 4.69) is 26.3 Å². The lowest BCUT2D eigenvalue weighted by atomic mass is 9.97. The Balaban J connectivity index is 1.57. The van der Waals surface area contributed by atoms with Crippen LogP contribution in [0, 0.1) is 0 Å². The van der Waals surface area contributed by atoms with Gasteiger partial charge in [0.25, 0.3) is 5.56 Å². The summed E-state index contributed by atoms with van der Waals surface area (Å²) in [7, 11) is 1.64. The van der Waals surface area contributed by atoms with Crippen LogP contribution in [-0.4, -0.2) is 26.6 Å². The number of anilines is 1. The molecular weight excluding hydrogens is 482 g/mol. The van der Waals surface area contributed by atoms with Crippen LogP contribution in [0.2, 0.25) is 0 Å². The SMILES string of the molecule is COc1cccc(-c2cccc3cc(C(C)Nc4ncnc5scnc45)n(-c4ccccc4)c(=O)c23)c1. The Hall–Kier alpha value is -4.56. The van der Waals surface area contributed by atoms with Crippen LogP contribution in [0.15, 0.2) is 95.5 Å². The number of fused-ring (bicyclic) bond motifs is 2. The summed E-state index contributed by atoms with van der Waals surface area (Å²) in [6, 6.07) is 25.2. The average molecular weight is 506 g/mol. The van der Waals surface area contributed by atoms with E-state index in [0.29, 0.717) is 16.7 Å². The molecule has 182 valence electrons. The maximum atomic E-state index is 14.3. The fraction of sp³-hybridized carbons (Fsp3) is 0.103. The topological polar surface area (TPSA) is 81.9 Å². The van der Waals surface area contributed by atoms with Crippen LogP contribution in [0.5, 0.6) is 5.75 Å². The number of pyridine rings is 1. The number of thiazole rings is 1. The molecule has 0 aliphatic carbocycles. The standard InChI is InChI=1S/C29H23N5O2S/c1-18(33-27-26-28(31-16-30-27)37-17-32-26)24-15-20-9-7-13-23(19-8-6-12-22(14-19)36-2)25(20)29(35)34(24)21-10-4-3-5-11-21/h3-18H,1-2H3,(H,30,31,33). The Kier molecular flexibility index (Phi) is 5.86. The summed E-state index contributed by atoms with van der Waals surface area (Å²) in [6.45, 7) is 2.02. The third-order valence-corrected chi connectivity index (χ3v) is 7.13. The highest BCUT2D eigenvalue weighted by atomic mass is 32.1. The molecule has 0 aliphatic heterocycles. The number of ether oxygens (including phenoxy) is 1. The fourth-order valence-electron chi connectivity index (χ4n) is 4.65. The third-order valence-electron chi connectivity index (χ3n) is 6.40. The second-order valence-electron chi connectivity index (χ2n) is 8.64. The predicted octanol–water partition coefficient (Wildman–Crippen LogP) is 6.24. The van der Waals surface area contributed by atoms with Gasteiger partial charge in [0.1, 0.15) is 22.4 Å². The highest BCUT2D eigenvalue weighted by molar-refractivity contribution is 7.16. The third kappa shape index (κ3) is 4.11. The van der Waals surface area contributed by atoms with Crippen molar-refractivity contribution in [2.45, 2.75) is 13.0 Å². The van der Waals surface area contributed by atoms with Crippen molar-refractivity contribution in [1.82, 2.24) is 19.5 Å². The van der Waals surface area contributed by atoms with Crippen molar-refractivity contribution in [1.29, 1.82) is 0 Å². The molecule has 3 heterocycles. The molecule has 0 radical (unpaired) electrons. The number of hydrogen-bond acceptors (Lipinski definition) is 7. The van der Waals surface area contributed by atoms with Crippen molar-refractivity contribution in [2.75, 3.05) is 12.4 Å². The first kappa shape index (κ1) is 22.9. The summed E-state index contributed by atoms with van der Waals surface area (Å²) < 4.78 is 7.22. The normalized spacial score (nSPS) is 12.1. The number of nitrogens with zero attached hydrogens (tertiary/aromatic N) is 4. The molecule has 8 heteroatoms. The monoisotopic (exact) mass is 505 g/mol. The molecule has 37 heavy (non-hydrogen) atoms. The average Bonchev–Trinajstić information content (AvgIpc) is 3.43. The van der Waals surface area contributed by atoms with Gasteiger partial charge in [-0.25, -0.2) is 15.0 Å². The molecule has 7 nitrogen and oxygen atoms in total. The zero-order chi connectivity index (χ0) is 25.4. The van der Waals surface area contributed by atoms with E-state index < -0.39 is 0 Å². The molecule has 0 bridgehead atoms. The molecule has 0 saturated heterocycles. The molecule has 3 aromatic heterocycles. The number of aromatic nitrogens is 4. The summed E-state index contributed by atoms with van der Waals surface area (Å²) in [6.07, 6.45) is 1.53. The first-order chi connectivity index (χ1) is 18.1. The lowest BCUT2D eigenvalue weighted by Crippen LogP contribution is -2.26. The summed E-state index contributed by atoms with van der Waals surface area (Å²) in [4.78, 5) is 28.2. The number of nitrogens with one attached hydrogen (secondary N) is 1. The van der Waals surface area contributed by atoms with Gasteiger partial charge in [0.15, 0.2) is 5.82 Å². The number of methoxy groups -OCH3 is 1. The van der Waals surface area contributed by atoms with Gasteiger partial charge in [0.05, 0.1) is 24.0 Å². The summed E-state index contributed by atoms with van der Waals surface area (Å²) in [5, 5.41) is 4.98. The van der Waals surface area contributed by atoms with E-state index in [0.717, 1.165) is 38.5 Å². The largest absolute Gasteiger partial charge is 0.497 e. The van der Waals surface area contributed by atoms with Gasteiger partial charge in [-0.1, -0.05) is 48.5 Å². The van der Waals surface area contributed by atoms with E-state index in [1.165, 1.54) is 17.7 Å². The van der Waals surface area contributed by atoms with Crippen molar-refractivity contribution in [3.05, 3.63) is 107 Å². The first-order valence-corrected chi connectivity index (χ1v) is 12.7. The van der Waals surface area contributed by atoms with Gasteiger partial charge in [0.2, 0.25) is 0 Å². The maximum Gasteiger partial charge on any atom is 0.263 e. The van der Waals surface area contributed by atoms with Crippen molar-refractivity contribution in [2.24, 2.45) is 0 Å². The zero-order valence-electron chi connectivity index (χ0n) is 20.3. The van der Waals surface area contributed by atoms with E-state index in [4.69, 9.17) is 4.74 Å². The lowest BCUT2D eigenvalue weighted by Gasteiger charge is -2.22. The zero-order valence-corrected chi connectivity index (χ0v) is 21.1. The number of hydrogen-bond donors (Lipinski definition) is 1. The van der Waals surface area contributed by atoms with E-state index >= 15 is 0 Å². The van der Waals surface area contributed by atoms with Crippen molar-refractivity contribution in [3.63, 3.8) is 0 Å². The van der Waals surface area contributed by atoms with Crippen LogP contribution in [0.3, 0.4) is 0 Å². The number of rotatable bonds is 6. The predicted molar refractivity (Wildman–Crippen MR) is 149 cm³/mol. The smallest absolute Gasteiger partial charge is 0.263 e. The highest BCUT2D eigenvalue weighted by Crippen LogP contribution is 2.32. The van der Waals surface area contributed by atoms with E-state index in [-0.39, 0.29) is 11.6 Å². The van der Waals surface area contributed by atoms with E-state index in [9.17, 15) is 4.79 Å². The van der Waals surface area contributed by atoms with Crippen LogP contribution in [0.1, 0.15) is 18.7 Å². The molecule has 0 saturated carbocycles. The van der Waals surface area contributed by atoms with Gasteiger partial charge in [-0.05, 0) is 53.8 Å². The second kappa shape index (κ2) is 9.48. The summed E-state index contributed by atoms with van der Waals surface area (Å²) in [5.74, 6) is 1.38. The number of para-hydroxylation sites is 1. The van der Waals surface area contributed by atoms with Crippen LogP contribution < -0.4 is 15.6 Å². The summed E-state index contributed by atoms with van der Waals surface area (Å²) in [5.41, 5.74) is 5.77. The van der Waals surface area contributed by atoms with Crippen molar-refractivity contribution < 1.29 is 4.74 Å². The quantitative estimate of drug-likeness (QED) is 0.289. The van der Waals surface area contributed by atoms with Gasteiger partial charge >= 0.3 is 0 Å². The van der Waals surface area contributed by atoms with E-state index in [1.54, 1.807) is 17.2 Å². The van der Waals surface area contributed by atoms with Gasteiger partial charge in [-0.15, -0.1) is 11.3 Å². The minimum absolute atomic E-state index is 0.0905. The molecule has 1 unspecified atom stereocenters. The Bertz CT molecular complexity index is 1800.